The third kappa shape index (κ3) is 6.95. The Morgan fingerprint density at radius 2 is 0.722 bits per heavy atom. The van der Waals surface area contributed by atoms with Gasteiger partial charge < -0.3 is 9.32 Å². The highest BCUT2D eigenvalue weighted by atomic mass is 16.3. The van der Waals surface area contributed by atoms with Crippen LogP contribution in [0.4, 0.5) is 17.1 Å². The topological polar surface area (TPSA) is 16.4 Å². The van der Waals surface area contributed by atoms with Crippen LogP contribution in [0.25, 0.3) is 121 Å². The van der Waals surface area contributed by atoms with Gasteiger partial charge in [-0.05, 0) is 142 Å². The van der Waals surface area contributed by atoms with Crippen molar-refractivity contribution in [1.29, 1.82) is 0 Å². The van der Waals surface area contributed by atoms with Gasteiger partial charge in [0.25, 0.3) is 0 Å². The summed E-state index contributed by atoms with van der Waals surface area (Å²) < 4.78 is 6.50. The fourth-order valence-electron chi connectivity index (χ4n) is 11.3. The lowest BCUT2D eigenvalue weighted by Crippen LogP contribution is -2.10. The molecule has 1 heterocycles. The van der Waals surface area contributed by atoms with Crippen molar-refractivity contribution in [1.82, 2.24) is 0 Å². The lowest BCUT2D eigenvalue weighted by molar-refractivity contribution is 0.670. The van der Waals surface area contributed by atoms with E-state index in [2.05, 4.69) is 266 Å². The molecule has 0 bridgehead atoms. The number of benzene rings is 13. The molecule has 14 rings (SSSR count). The van der Waals surface area contributed by atoms with E-state index in [1.165, 1.54) is 76.5 Å². The second-order valence-electron chi connectivity index (χ2n) is 18.7. The minimum Gasteiger partial charge on any atom is -0.455 e. The van der Waals surface area contributed by atoms with E-state index in [1.54, 1.807) is 0 Å². The van der Waals surface area contributed by atoms with Gasteiger partial charge in [-0.15, -0.1) is 0 Å². The van der Waals surface area contributed by atoms with Gasteiger partial charge in [-0.25, -0.2) is 0 Å². The first-order valence-electron chi connectivity index (χ1n) is 24.7. The van der Waals surface area contributed by atoms with Gasteiger partial charge in [-0.3, -0.25) is 0 Å². The van der Waals surface area contributed by atoms with Gasteiger partial charge in [-0.1, -0.05) is 224 Å². The summed E-state index contributed by atoms with van der Waals surface area (Å²) in [6.45, 7) is 0. The fraction of sp³-hybridized carbons (Fsp3) is 0. The Bertz CT molecular complexity index is 4360. The summed E-state index contributed by atoms with van der Waals surface area (Å²) in [6.07, 6.45) is 0. The molecule has 0 radical (unpaired) electrons. The predicted molar refractivity (Wildman–Crippen MR) is 306 cm³/mol. The van der Waals surface area contributed by atoms with Crippen molar-refractivity contribution in [3.63, 3.8) is 0 Å². The standard InChI is InChI=1S/C70H45NO/c1-3-17-49(18-4-1)68-64-26-10-9-24-60(64)62-43-37-52(45-66(62)69(68)50-19-5-2-6-20-50)51-21-13-22-55(44-51)71(54-40-34-48(35-41-54)58-28-15-30-65-63-25-11-12-31-67(63)72-70(58)65)53-38-32-47(33-39-53)57-27-14-29-59-56-23-8-7-16-46(56)36-42-61(57)59/h1-45H. The second-order valence-corrected chi connectivity index (χ2v) is 18.7. The average molecular weight is 916 g/mol. The third-order valence-corrected chi connectivity index (χ3v) is 14.7. The number of fused-ring (bicyclic) bond motifs is 9. The van der Waals surface area contributed by atoms with Crippen molar-refractivity contribution in [2.75, 3.05) is 4.90 Å². The fourth-order valence-corrected chi connectivity index (χ4v) is 11.3. The van der Waals surface area contributed by atoms with E-state index in [0.29, 0.717) is 0 Å². The highest BCUT2D eigenvalue weighted by Gasteiger charge is 2.20. The summed E-state index contributed by atoms with van der Waals surface area (Å²) in [6, 6.07) is 99.3. The molecule has 1 aromatic heterocycles. The van der Waals surface area contributed by atoms with Gasteiger partial charge in [-0.2, -0.15) is 0 Å². The molecule has 0 amide bonds. The van der Waals surface area contributed by atoms with Crippen molar-refractivity contribution in [2.24, 2.45) is 0 Å². The minimum atomic E-state index is 0.899. The number of nitrogens with zero attached hydrogens (tertiary/aromatic N) is 1. The van der Waals surface area contributed by atoms with Gasteiger partial charge in [0.05, 0.1) is 0 Å². The zero-order valence-electron chi connectivity index (χ0n) is 39.3. The predicted octanol–water partition coefficient (Wildman–Crippen LogP) is 20.0. The number of hydrogen-bond acceptors (Lipinski definition) is 2. The molecule has 0 fully saturated rings. The zero-order valence-corrected chi connectivity index (χ0v) is 39.3. The maximum atomic E-state index is 6.50. The smallest absolute Gasteiger partial charge is 0.143 e. The molecule has 0 N–H and O–H groups in total. The van der Waals surface area contributed by atoms with E-state index in [1.807, 2.05) is 12.1 Å². The van der Waals surface area contributed by atoms with E-state index in [-0.39, 0.29) is 0 Å². The van der Waals surface area contributed by atoms with E-state index < -0.39 is 0 Å². The average Bonchev–Trinajstić information content (AvgIpc) is 3.85. The molecule has 13 aromatic carbocycles. The maximum Gasteiger partial charge on any atom is 0.143 e. The van der Waals surface area contributed by atoms with Gasteiger partial charge in [0.2, 0.25) is 0 Å². The molecule has 2 heteroatoms. The van der Waals surface area contributed by atoms with E-state index in [0.717, 1.165) is 61.3 Å². The number of hydrogen-bond donors (Lipinski definition) is 0. The van der Waals surface area contributed by atoms with Gasteiger partial charge in [0.15, 0.2) is 0 Å². The second kappa shape index (κ2) is 17.2. The van der Waals surface area contributed by atoms with Crippen LogP contribution in [0, 0.1) is 0 Å². The van der Waals surface area contributed by atoms with E-state index in [9.17, 15) is 0 Å². The van der Waals surface area contributed by atoms with Crippen LogP contribution < -0.4 is 4.90 Å². The van der Waals surface area contributed by atoms with Crippen LogP contribution in [0.2, 0.25) is 0 Å². The van der Waals surface area contributed by atoms with Gasteiger partial charge >= 0.3 is 0 Å². The molecular formula is C70H45NO. The van der Waals surface area contributed by atoms with Crippen LogP contribution in [-0.4, -0.2) is 0 Å². The summed E-state index contributed by atoms with van der Waals surface area (Å²) in [4.78, 5) is 2.38. The molecule has 72 heavy (non-hydrogen) atoms. The number of furan rings is 1. The van der Waals surface area contributed by atoms with Crippen molar-refractivity contribution in [3.05, 3.63) is 273 Å². The number of para-hydroxylation sites is 2. The zero-order chi connectivity index (χ0) is 47.5. The van der Waals surface area contributed by atoms with Crippen LogP contribution in [-0.2, 0) is 0 Å². The summed E-state index contributed by atoms with van der Waals surface area (Å²) in [7, 11) is 0. The largest absolute Gasteiger partial charge is 0.455 e. The molecule has 0 aliphatic heterocycles. The van der Waals surface area contributed by atoms with Crippen molar-refractivity contribution >= 4 is 82.1 Å². The Kier molecular flexibility index (Phi) is 9.89. The summed E-state index contributed by atoms with van der Waals surface area (Å²) in [5.41, 5.74) is 16.8. The Labute approximate surface area is 417 Å². The van der Waals surface area contributed by atoms with Crippen LogP contribution in [0.5, 0.6) is 0 Å². The SMILES string of the molecule is c1ccc(-c2c(-c3ccccc3)c3cc(-c4cccc(N(c5ccc(-c6cccc7c6ccc6ccccc67)cc5)c5ccc(-c6cccc7c6oc6ccccc67)cc5)c4)ccc3c3ccccc23)cc1. The summed E-state index contributed by atoms with van der Waals surface area (Å²) in [5, 5.41) is 12.3. The lowest BCUT2D eigenvalue weighted by Gasteiger charge is -2.26. The molecule has 0 saturated heterocycles. The van der Waals surface area contributed by atoms with Crippen molar-refractivity contribution in [2.45, 2.75) is 0 Å². The Morgan fingerprint density at radius 1 is 0.236 bits per heavy atom. The first-order valence-corrected chi connectivity index (χ1v) is 24.7. The van der Waals surface area contributed by atoms with Crippen LogP contribution >= 0.6 is 0 Å². The monoisotopic (exact) mass is 915 g/mol. The molecule has 14 aromatic rings. The molecule has 2 nitrogen and oxygen atoms in total. The van der Waals surface area contributed by atoms with Crippen molar-refractivity contribution < 1.29 is 4.42 Å². The minimum absolute atomic E-state index is 0.899. The number of rotatable bonds is 8. The molecular weight excluding hydrogens is 871 g/mol. The van der Waals surface area contributed by atoms with Crippen LogP contribution in [0.15, 0.2) is 277 Å². The Balaban J connectivity index is 0.919. The summed E-state index contributed by atoms with van der Waals surface area (Å²) in [5.74, 6) is 0. The molecule has 0 aliphatic rings. The molecule has 0 spiro atoms. The third-order valence-electron chi connectivity index (χ3n) is 14.7. The maximum absolute atomic E-state index is 6.50. The van der Waals surface area contributed by atoms with Crippen LogP contribution in [0.1, 0.15) is 0 Å². The molecule has 0 saturated carbocycles. The molecule has 0 unspecified atom stereocenters. The molecule has 0 aliphatic carbocycles. The highest BCUT2D eigenvalue weighted by Crippen LogP contribution is 2.47. The van der Waals surface area contributed by atoms with Crippen LogP contribution in [0.3, 0.4) is 0 Å². The Hall–Kier alpha value is -9.50. The van der Waals surface area contributed by atoms with E-state index >= 15 is 0 Å². The van der Waals surface area contributed by atoms with E-state index in [4.69, 9.17) is 4.42 Å². The molecule has 0 atom stereocenters. The normalized spacial score (nSPS) is 11.6. The highest BCUT2D eigenvalue weighted by molar-refractivity contribution is 6.22. The Morgan fingerprint density at radius 3 is 1.46 bits per heavy atom. The quantitative estimate of drug-likeness (QED) is 0.141. The summed E-state index contributed by atoms with van der Waals surface area (Å²) >= 11 is 0. The van der Waals surface area contributed by atoms with Gasteiger partial charge in [0.1, 0.15) is 11.2 Å². The lowest BCUT2D eigenvalue weighted by atomic mass is 9.84. The molecule has 336 valence electrons. The first kappa shape index (κ1) is 41.5. The first-order chi connectivity index (χ1) is 35.7. The van der Waals surface area contributed by atoms with Crippen molar-refractivity contribution in [3.8, 4) is 55.6 Å². The van der Waals surface area contributed by atoms with Gasteiger partial charge in [0, 0.05) is 33.4 Å². The number of anilines is 3.